The molecule has 2 N–H and O–H groups in total. The van der Waals surface area contributed by atoms with E-state index in [0.29, 0.717) is 5.69 Å². The first-order valence-corrected chi connectivity index (χ1v) is 11.0. The van der Waals surface area contributed by atoms with Gasteiger partial charge in [0, 0.05) is 19.3 Å². The van der Waals surface area contributed by atoms with Crippen molar-refractivity contribution in [1.29, 1.82) is 0 Å². The van der Waals surface area contributed by atoms with Gasteiger partial charge < -0.3 is 14.8 Å². The lowest BCUT2D eigenvalue weighted by Crippen LogP contribution is -2.36. The lowest BCUT2D eigenvalue weighted by atomic mass is 9.83. The second-order valence-electron chi connectivity index (χ2n) is 8.94. The number of anilines is 1. The molecule has 0 radical (unpaired) electrons. The van der Waals surface area contributed by atoms with Crippen molar-refractivity contribution in [3.63, 3.8) is 0 Å². The van der Waals surface area contributed by atoms with Crippen LogP contribution >= 0.6 is 0 Å². The zero-order valence-electron chi connectivity index (χ0n) is 18.8. The van der Waals surface area contributed by atoms with E-state index in [1.54, 1.807) is 0 Å². The van der Waals surface area contributed by atoms with Crippen LogP contribution < -0.4 is 16.6 Å². The molecule has 170 valence electrons. The summed E-state index contributed by atoms with van der Waals surface area (Å²) in [6.45, 7) is 4.61. The molecule has 32 heavy (non-hydrogen) atoms. The highest BCUT2D eigenvalue weighted by atomic mass is 16.2. The number of rotatable bonds is 6. The minimum atomic E-state index is -0.559. The van der Waals surface area contributed by atoms with E-state index in [1.165, 1.54) is 54.0 Å². The Morgan fingerprint density at radius 3 is 2.69 bits per heavy atom. The molecule has 0 unspecified atom stereocenters. The van der Waals surface area contributed by atoms with Gasteiger partial charge in [-0.25, -0.2) is 9.78 Å². The van der Waals surface area contributed by atoms with Gasteiger partial charge >= 0.3 is 5.69 Å². The van der Waals surface area contributed by atoms with Crippen molar-refractivity contribution in [2.75, 3.05) is 25.5 Å². The summed E-state index contributed by atoms with van der Waals surface area (Å²) in [6.07, 6.45) is 4.87. The summed E-state index contributed by atoms with van der Waals surface area (Å²) in [5.74, 6) is 1.21. The third kappa shape index (κ3) is 4.67. The second-order valence-corrected chi connectivity index (χ2v) is 8.94. The van der Waals surface area contributed by atoms with Crippen LogP contribution in [0.5, 0.6) is 0 Å². The SMILES string of the molecule is C[C@@H]1CN(C)CC[C@@H]1CCc1ccc(NC(=O)Cn2cnc3c2c(=O)[nH]c(=O)n3C)cc1. The van der Waals surface area contributed by atoms with Gasteiger partial charge in [-0.1, -0.05) is 19.1 Å². The van der Waals surface area contributed by atoms with Crippen LogP contribution in [-0.4, -0.2) is 50.0 Å². The molecular weight excluding hydrogens is 408 g/mol. The average Bonchev–Trinajstić information content (AvgIpc) is 3.16. The van der Waals surface area contributed by atoms with Crippen molar-refractivity contribution < 1.29 is 4.79 Å². The molecule has 1 amide bonds. The molecule has 0 bridgehead atoms. The van der Waals surface area contributed by atoms with Crippen LogP contribution in [0.4, 0.5) is 5.69 Å². The van der Waals surface area contributed by atoms with Crippen molar-refractivity contribution in [3.05, 3.63) is 57.0 Å². The molecule has 3 aromatic rings. The Morgan fingerprint density at radius 1 is 1.22 bits per heavy atom. The first-order valence-electron chi connectivity index (χ1n) is 11.0. The minimum absolute atomic E-state index is 0.0758. The number of H-pyrrole nitrogens is 1. The number of benzene rings is 1. The van der Waals surface area contributed by atoms with E-state index in [9.17, 15) is 14.4 Å². The molecule has 2 aromatic heterocycles. The van der Waals surface area contributed by atoms with Crippen molar-refractivity contribution in [1.82, 2.24) is 24.0 Å². The van der Waals surface area contributed by atoms with Gasteiger partial charge in [-0.3, -0.25) is 19.1 Å². The van der Waals surface area contributed by atoms with Crippen LogP contribution in [0.15, 0.2) is 40.2 Å². The molecule has 0 saturated carbocycles. The molecule has 9 heteroatoms. The maximum absolute atomic E-state index is 12.5. The summed E-state index contributed by atoms with van der Waals surface area (Å²) in [5.41, 5.74) is 1.31. The second kappa shape index (κ2) is 9.12. The lowest BCUT2D eigenvalue weighted by molar-refractivity contribution is -0.116. The molecule has 4 rings (SSSR count). The maximum atomic E-state index is 12.5. The van der Waals surface area contributed by atoms with Crippen molar-refractivity contribution in [2.45, 2.75) is 32.7 Å². The summed E-state index contributed by atoms with van der Waals surface area (Å²) in [4.78, 5) is 45.1. The highest BCUT2D eigenvalue weighted by Crippen LogP contribution is 2.27. The normalized spacial score (nSPS) is 19.3. The van der Waals surface area contributed by atoms with Crippen LogP contribution in [0.1, 0.15) is 25.3 Å². The Bertz CT molecular complexity index is 1220. The quantitative estimate of drug-likeness (QED) is 0.608. The number of hydrogen-bond acceptors (Lipinski definition) is 5. The lowest BCUT2D eigenvalue weighted by Gasteiger charge is -2.34. The fourth-order valence-electron chi connectivity index (χ4n) is 4.60. The predicted octanol–water partition coefficient (Wildman–Crippen LogP) is 1.58. The Kier molecular flexibility index (Phi) is 6.27. The Labute approximate surface area is 186 Å². The first kappa shape index (κ1) is 22.0. The fourth-order valence-corrected chi connectivity index (χ4v) is 4.60. The monoisotopic (exact) mass is 438 g/mol. The first-order chi connectivity index (χ1) is 15.3. The molecule has 9 nitrogen and oxygen atoms in total. The van der Waals surface area contributed by atoms with Gasteiger partial charge in [0.1, 0.15) is 6.54 Å². The smallest absolute Gasteiger partial charge is 0.325 e. The average molecular weight is 439 g/mol. The highest BCUT2D eigenvalue weighted by molar-refractivity contribution is 5.91. The van der Waals surface area contributed by atoms with Gasteiger partial charge in [0.25, 0.3) is 5.56 Å². The van der Waals surface area contributed by atoms with E-state index in [0.717, 1.165) is 18.3 Å². The topological polar surface area (TPSA) is 105 Å². The van der Waals surface area contributed by atoms with E-state index in [4.69, 9.17) is 0 Å². The number of piperidine rings is 1. The van der Waals surface area contributed by atoms with Crippen LogP contribution in [0.25, 0.3) is 11.2 Å². The van der Waals surface area contributed by atoms with Gasteiger partial charge in [-0.2, -0.15) is 0 Å². The number of carbonyl (C=O) groups excluding carboxylic acids is 1. The Balaban J connectivity index is 1.35. The van der Waals surface area contributed by atoms with Crippen molar-refractivity contribution in [3.8, 4) is 0 Å². The van der Waals surface area contributed by atoms with Crippen LogP contribution in [0.2, 0.25) is 0 Å². The van der Waals surface area contributed by atoms with E-state index < -0.39 is 11.2 Å². The van der Waals surface area contributed by atoms with Gasteiger partial charge in [0.05, 0.1) is 6.33 Å². The fraction of sp³-hybridized carbons (Fsp3) is 0.478. The zero-order chi connectivity index (χ0) is 22.8. The number of amides is 1. The van der Waals surface area contributed by atoms with Gasteiger partial charge in [0.2, 0.25) is 5.91 Å². The third-order valence-electron chi connectivity index (χ3n) is 6.52. The molecule has 0 spiro atoms. The maximum Gasteiger partial charge on any atom is 0.329 e. The molecular formula is C23H30N6O3. The van der Waals surface area contributed by atoms with Gasteiger partial charge in [0.15, 0.2) is 11.2 Å². The molecule has 3 heterocycles. The number of aromatic amines is 1. The number of carbonyl (C=O) groups is 1. The molecule has 1 aliphatic rings. The number of aromatic nitrogens is 4. The summed E-state index contributed by atoms with van der Waals surface area (Å²) in [7, 11) is 3.71. The van der Waals surface area contributed by atoms with E-state index >= 15 is 0 Å². The summed E-state index contributed by atoms with van der Waals surface area (Å²) in [5, 5.41) is 2.86. The third-order valence-corrected chi connectivity index (χ3v) is 6.52. The molecule has 1 aliphatic heterocycles. The summed E-state index contributed by atoms with van der Waals surface area (Å²) >= 11 is 0. The molecule has 2 atom stereocenters. The van der Waals surface area contributed by atoms with Crippen LogP contribution in [0, 0.1) is 11.8 Å². The minimum Gasteiger partial charge on any atom is -0.325 e. The summed E-state index contributed by atoms with van der Waals surface area (Å²) in [6, 6.07) is 7.94. The number of imidazole rings is 1. The molecule has 1 aromatic carbocycles. The number of likely N-dealkylation sites (tertiary alicyclic amines) is 1. The van der Waals surface area contributed by atoms with E-state index in [1.807, 2.05) is 12.1 Å². The molecule has 1 saturated heterocycles. The summed E-state index contributed by atoms with van der Waals surface area (Å²) < 4.78 is 2.69. The van der Waals surface area contributed by atoms with Crippen LogP contribution in [0.3, 0.4) is 0 Å². The molecule has 0 aliphatic carbocycles. The van der Waals surface area contributed by atoms with E-state index in [2.05, 4.69) is 46.3 Å². The highest BCUT2D eigenvalue weighted by Gasteiger charge is 2.23. The number of aryl methyl sites for hydroxylation is 2. The number of nitrogens with zero attached hydrogens (tertiary/aromatic N) is 4. The van der Waals surface area contributed by atoms with Crippen molar-refractivity contribution >= 4 is 22.8 Å². The number of fused-ring (bicyclic) bond motifs is 1. The number of hydrogen-bond donors (Lipinski definition) is 2. The van der Waals surface area contributed by atoms with Crippen molar-refractivity contribution in [2.24, 2.45) is 18.9 Å². The standard InChI is InChI=1S/C23H30N6O3/c1-15-12-27(2)11-10-17(15)7-4-16-5-8-18(9-6-16)25-19(30)13-29-14-24-21-20(29)22(31)26-23(32)28(21)3/h5-6,8-9,14-15,17H,4,7,10-13H2,1-3H3,(H,25,30)(H,26,31,32)/t15-,17+/m1/s1. The van der Waals surface area contributed by atoms with Crippen LogP contribution in [-0.2, 0) is 24.8 Å². The van der Waals surface area contributed by atoms with Gasteiger partial charge in [-0.05, 0) is 62.4 Å². The predicted molar refractivity (Wildman–Crippen MR) is 124 cm³/mol. The Hall–Kier alpha value is -3.20. The number of nitrogens with one attached hydrogen (secondary N) is 2. The Morgan fingerprint density at radius 2 is 1.97 bits per heavy atom. The van der Waals surface area contributed by atoms with E-state index in [-0.39, 0.29) is 23.6 Å². The largest absolute Gasteiger partial charge is 0.329 e. The van der Waals surface area contributed by atoms with Gasteiger partial charge in [-0.15, -0.1) is 0 Å². The molecule has 1 fully saturated rings. The zero-order valence-corrected chi connectivity index (χ0v) is 18.8.